The zero-order valence-corrected chi connectivity index (χ0v) is 22.2. The topological polar surface area (TPSA) is 109 Å². The number of hydrogen-bond acceptors (Lipinski definition) is 9. The zero-order chi connectivity index (χ0) is 26.7. The van der Waals surface area contributed by atoms with Crippen LogP contribution in [-0.4, -0.2) is 59.1 Å². The number of nitrogens with two attached hydrogens (primary N) is 1. The lowest BCUT2D eigenvalue weighted by atomic mass is 10.0. The minimum Gasteiger partial charge on any atom is -0.433 e. The van der Waals surface area contributed by atoms with Gasteiger partial charge < -0.3 is 26.0 Å². The Balaban J connectivity index is 1.55. The molecular weight excluding hydrogens is 524 g/mol. The van der Waals surface area contributed by atoms with Gasteiger partial charge in [0.05, 0.1) is 17.6 Å². The molecule has 4 N–H and O–H groups in total. The second kappa shape index (κ2) is 11.0. The van der Waals surface area contributed by atoms with E-state index in [9.17, 15) is 13.6 Å². The van der Waals surface area contributed by atoms with Gasteiger partial charge in [0.2, 0.25) is 5.95 Å². The van der Waals surface area contributed by atoms with Gasteiger partial charge in [-0.15, -0.1) is 11.3 Å². The van der Waals surface area contributed by atoms with Crippen molar-refractivity contribution in [3.8, 4) is 5.75 Å². The molecule has 1 saturated heterocycles. The largest absolute Gasteiger partial charge is 0.433 e. The lowest BCUT2D eigenvalue weighted by Gasteiger charge is -2.43. The highest BCUT2D eigenvalue weighted by Gasteiger charge is 2.26. The SMILES string of the molecule is CC(C)(C)N1CCN(c2ccc(Nc3ncc(Cl)c(Nc4ccsc4C(N)=O)n3)c(OC(F)F)c2)CC1. The number of benzene rings is 1. The number of thiophene rings is 1. The van der Waals surface area contributed by atoms with Crippen LogP contribution in [0.4, 0.5) is 37.6 Å². The third-order valence-electron chi connectivity index (χ3n) is 5.91. The predicted octanol–water partition coefficient (Wildman–Crippen LogP) is 5.30. The third-order valence-corrected chi connectivity index (χ3v) is 7.11. The highest BCUT2D eigenvalue weighted by Crippen LogP contribution is 2.35. The van der Waals surface area contributed by atoms with Crippen LogP contribution >= 0.6 is 22.9 Å². The monoisotopic (exact) mass is 551 g/mol. The van der Waals surface area contributed by atoms with E-state index in [1.807, 2.05) is 6.07 Å². The van der Waals surface area contributed by atoms with E-state index in [0.29, 0.717) is 10.6 Å². The van der Waals surface area contributed by atoms with Crippen molar-refractivity contribution < 1.29 is 18.3 Å². The molecular formula is C24H28ClF2N7O2S. The van der Waals surface area contributed by atoms with Crippen molar-refractivity contribution in [2.45, 2.75) is 32.9 Å². The van der Waals surface area contributed by atoms with Gasteiger partial charge in [0.15, 0.2) is 11.6 Å². The van der Waals surface area contributed by atoms with Crippen LogP contribution in [0.15, 0.2) is 35.8 Å². The summed E-state index contributed by atoms with van der Waals surface area (Å²) in [6.07, 6.45) is 1.35. The van der Waals surface area contributed by atoms with E-state index >= 15 is 0 Å². The molecule has 0 atom stereocenters. The second-order valence-corrected chi connectivity index (χ2v) is 10.7. The second-order valence-electron chi connectivity index (χ2n) is 9.37. The quantitative estimate of drug-likeness (QED) is 0.346. The fourth-order valence-corrected chi connectivity index (χ4v) is 4.84. The number of aromatic nitrogens is 2. The summed E-state index contributed by atoms with van der Waals surface area (Å²) >= 11 is 7.41. The van der Waals surface area contributed by atoms with Gasteiger partial charge in [-0.05, 0) is 44.4 Å². The van der Waals surface area contributed by atoms with Gasteiger partial charge >= 0.3 is 6.61 Å². The van der Waals surface area contributed by atoms with Crippen LogP contribution in [0.1, 0.15) is 30.4 Å². The fraction of sp³-hybridized carbons (Fsp3) is 0.375. The van der Waals surface area contributed by atoms with E-state index in [0.717, 1.165) is 31.9 Å². The van der Waals surface area contributed by atoms with Crippen molar-refractivity contribution in [1.29, 1.82) is 0 Å². The molecule has 1 aliphatic heterocycles. The normalized spacial score (nSPS) is 14.6. The number of hydrogen-bond donors (Lipinski definition) is 3. The maximum Gasteiger partial charge on any atom is 0.387 e. The summed E-state index contributed by atoms with van der Waals surface area (Å²) in [6, 6.07) is 6.75. The number of nitrogens with one attached hydrogen (secondary N) is 2. The standard InChI is InChI=1S/C24H28ClF2N7O2S/c1-24(2,3)34-9-7-33(8-10-34)14-4-5-16(18(12-14)36-22(26)27)31-23-29-13-15(25)21(32-23)30-17-6-11-37-19(17)20(28)35/h4-6,11-13,22H,7-10H2,1-3H3,(H2,28,35)(H2,29,30,31,32). The lowest BCUT2D eigenvalue weighted by Crippen LogP contribution is -2.53. The molecule has 0 radical (unpaired) electrons. The molecule has 0 saturated carbocycles. The first-order valence-corrected chi connectivity index (χ1v) is 12.8. The molecule has 4 rings (SSSR count). The lowest BCUT2D eigenvalue weighted by molar-refractivity contribution is -0.0493. The Morgan fingerprint density at radius 2 is 1.89 bits per heavy atom. The smallest absolute Gasteiger partial charge is 0.387 e. The first kappa shape index (κ1) is 26.8. The van der Waals surface area contributed by atoms with Crippen LogP contribution in [0, 0.1) is 0 Å². The summed E-state index contributed by atoms with van der Waals surface area (Å²) < 4.78 is 31.3. The first-order valence-electron chi connectivity index (χ1n) is 11.5. The van der Waals surface area contributed by atoms with Crippen LogP contribution in [0.5, 0.6) is 5.75 Å². The maximum absolute atomic E-state index is 13.3. The molecule has 0 bridgehead atoms. The molecule has 3 aromatic rings. The summed E-state index contributed by atoms with van der Waals surface area (Å²) in [5.41, 5.74) is 6.97. The maximum atomic E-state index is 13.3. The summed E-state index contributed by atoms with van der Waals surface area (Å²) in [5.74, 6) is -0.319. The molecule has 13 heteroatoms. The predicted molar refractivity (Wildman–Crippen MR) is 143 cm³/mol. The Bertz CT molecular complexity index is 1260. The Morgan fingerprint density at radius 3 is 2.54 bits per heavy atom. The summed E-state index contributed by atoms with van der Waals surface area (Å²) in [4.78, 5) is 25.0. The number of piperazine rings is 1. The van der Waals surface area contributed by atoms with Crippen molar-refractivity contribution in [3.63, 3.8) is 0 Å². The summed E-state index contributed by atoms with van der Waals surface area (Å²) in [6.45, 7) is 6.78. The summed E-state index contributed by atoms with van der Waals surface area (Å²) in [5, 5.41) is 7.79. The van der Waals surface area contributed by atoms with Gasteiger partial charge in [0.1, 0.15) is 9.90 Å². The van der Waals surface area contributed by atoms with Gasteiger partial charge in [0, 0.05) is 43.5 Å². The van der Waals surface area contributed by atoms with Gasteiger partial charge in [0.25, 0.3) is 5.91 Å². The van der Waals surface area contributed by atoms with Crippen molar-refractivity contribution in [1.82, 2.24) is 14.9 Å². The number of ether oxygens (including phenoxy) is 1. The van der Waals surface area contributed by atoms with Crippen LogP contribution in [0.2, 0.25) is 5.02 Å². The molecule has 0 unspecified atom stereocenters. The van der Waals surface area contributed by atoms with Crippen LogP contribution in [0.25, 0.3) is 0 Å². The van der Waals surface area contributed by atoms with Crippen LogP contribution in [0.3, 0.4) is 0 Å². The highest BCUT2D eigenvalue weighted by atomic mass is 35.5. The van der Waals surface area contributed by atoms with Gasteiger partial charge in [-0.3, -0.25) is 9.69 Å². The van der Waals surface area contributed by atoms with E-state index in [1.165, 1.54) is 17.5 Å². The molecule has 1 amide bonds. The number of carbonyl (C=O) groups is 1. The minimum atomic E-state index is -3.01. The molecule has 1 aromatic carbocycles. The van der Waals surface area contributed by atoms with E-state index in [4.69, 9.17) is 22.1 Å². The number of nitrogens with zero attached hydrogens (tertiary/aromatic N) is 4. The molecule has 1 fully saturated rings. The molecule has 1 aliphatic rings. The molecule has 9 nitrogen and oxygen atoms in total. The average Bonchev–Trinajstić information content (AvgIpc) is 3.30. The zero-order valence-electron chi connectivity index (χ0n) is 20.6. The molecule has 0 spiro atoms. The van der Waals surface area contributed by atoms with E-state index < -0.39 is 12.5 Å². The number of primary amides is 1. The Hall–Kier alpha value is -3.22. The fourth-order valence-electron chi connectivity index (χ4n) is 4.00. The van der Waals surface area contributed by atoms with E-state index in [2.05, 4.69) is 51.2 Å². The molecule has 2 aromatic heterocycles. The van der Waals surface area contributed by atoms with Crippen molar-refractivity contribution in [3.05, 3.63) is 45.7 Å². The number of alkyl halides is 2. The average molecular weight is 552 g/mol. The Morgan fingerprint density at radius 1 is 1.16 bits per heavy atom. The molecule has 198 valence electrons. The van der Waals surface area contributed by atoms with Gasteiger partial charge in [-0.2, -0.15) is 13.8 Å². The van der Waals surface area contributed by atoms with Crippen molar-refractivity contribution in [2.24, 2.45) is 5.73 Å². The van der Waals surface area contributed by atoms with E-state index in [-0.39, 0.29) is 33.8 Å². The highest BCUT2D eigenvalue weighted by molar-refractivity contribution is 7.12. The number of amides is 1. The van der Waals surface area contributed by atoms with Crippen molar-refractivity contribution in [2.75, 3.05) is 41.7 Å². The van der Waals surface area contributed by atoms with Gasteiger partial charge in [-0.1, -0.05) is 11.6 Å². The van der Waals surface area contributed by atoms with Crippen LogP contribution in [-0.2, 0) is 0 Å². The number of rotatable bonds is 8. The van der Waals surface area contributed by atoms with Crippen LogP contribution < -0.4 is 26.0 Å². The van der Waals surface area contributed by atoms with Gasteiger partial charge in [-0.25, -0.2) is 4.98 Å². The number of carbonyl (C=O) groups excluding carboxylic acids is 1. The Labute approximate surface area is 222 Å². The summed E-state index contributed by atoms with van der Waals surface area (Å²) in [7, 11) is 0. The Kier molecular flexibility index (Phi) is 8.00. The molecule has 3 heterocycles. The molecule has 0 aliphatic carbocycles. The van der Waals surface area contributed by atoms with E-state index in [1.54, 1.807) is 23.6 Å². The molecule has 37 heavy (non-hydrogen) atoms. The van der Waals surface area contributed by atoms with Crippen molar-refractivity contribution >= 4 is 57.7 Å². The number of anilines is 5. The number of halogens is 3. The first-order chi connectivity index (χ1) is 17.5. The third kappa shape index (κ3) is 6.56. The minimum absolute atomic E-state index is 0.0346.